The molecule has 0 aliphatic carbocycles. The molecule has 8 nitrogen and oxygen atoms in total. The first-order chi connectivity index (χ1) is 9.35. The van der Waals surface area contributed by atoms with Gasteiger partial charge in [0.15, 0.2) is 0 Å². The highest BCUT2D eigenvalue weighted by Crippen LogP contribution is 2.20. The van der Waals surface area contributed by atoms with Gasteiger partial charge in [-0.2, -0.15) is 10.1 Å². The van der Waals surface area contributed by atoms with Crippen LogP contribution in [0.4, 0.5) is 10.5 Å². The Morgan fingerprint density at radius 3 is 2.75 bits per heavy atom. The Labute approximate surface area is 115 Å². The molecule has 0 spiro atoms. The first kappa shape index (κ1) is 13.8. The summed E-state index contributed by atoms with van der Waals surface area (Å²) >= 11 is 0. The molecule has 2 aromatic rings. The summed E-state index contributed by atoms with van der Waals surface area (Å²) in [5, 5.41) is 16.1. The van der Waals surface area contributed by atoms with Gasteiger partial charge in [0.2, 0.25) is 5.88 Å². The first-order valence-corrected chi connectivity index (χ1v) is 5.91. The maximum absolute atomic E-state index is 11.6. The van der Waals surface area contributed by atoms with Crippen molar-refractivity contribution >= 4 is 11.8 Å². The number of hydrogen-bond donors (Lipinski definition) is 2. The van der Waals surface area contributed by atoms with Gasteiger partial charge in [-0.25, -0.2) is 14.5 Å². The molecular formula is C12H15N5O3. The maximum atomic E-state index is 11.6. The highest BCUT2D eigenvalue weighted by molar-refractivity contribution is 5.86. The van der Waals surface area contributed by atoms with Gasteiger partial charge >= 0.3 is 6.09 Å². The van der Waals surface area contributed by atoms with Crippen molar-refractivity contribution in [2.24, 2.45) is 0 Å². The smallest absolute Gasteiger partial charge is 0.412 e. The van der Waals surface area contributed by atoms with Crippen LogP contribution in [0.1, 0.15) is 20.8 Å². The maximum Gasteiger partial charge on any atom is 0.412 e. The van der Waals surface area contributed by atoms with E-state index in [4.69, 9.17) is 4.74 Å². The topological polar surface area (TPSA) is 102 Å². The second-order valence-corrected chi connectivity index (χ2v) is 4.98. The zero-order valence-electron chi connectivity index (χ0n) is 11.4. The lowest BCUT2D eigenvalue weighted by Crippen LogP contribution is -2.27. The standard InChI is InChI=1S/C12H15N5O3/c1-12(2,3)20-11(19)15-8-7-13-10(16-9(8)18)17-6-4-5-14-17/h4-7H,1-3H3,(H,15,19)(H,13,16,18). The highest BCUT2D eigenvalue weighted by atomic mass is 16.6. The minimum atomic E-state index is -0.691. The van der Waals surface area contributed by atoms with Crippen LogP contribution in [0.15, 0.2) is 24.7 Å². The number of carbonyl (C=O) groups excluding carboxylic acids is 1. The largest absolute Gasteiger partial charge is 0.492 e. The zero-order chi connectivity index (χ0) is 14.8. The van der Waals surface area contributed by atoms with E-state index in [1.54, 1.807) is 39.2 Å². The average molecular weight is 277 g/mol. The van der Waals surface area contributed by atoms with Gasteiger partial charge in [0.1, 0.15) is 11.3 Å². The highest BCUT2D eigenvalue weighted by Gasteiger charge is 2.18. The fraction of sp³-hybridized carbons (Fsp3) is 0.333. The molecule has 2 N–H and O–H groups in total. The molecule has 0 unspecified atom stereocenters. The Kier molecular flexibility index (Phi) is 3.55. The molecule has 2 rings (SSSR count). The Balaban J connectivity index is 2.13. The summed E-state index contributed by atoms with van der Waals surface area (Å²) in [5.41, 5.74) is -0.564. The van der Waals surface area contributed by atoms with Crippen LogP contribution >= 0.6 is 0 Å². The average Bonchev–Trinajstić information content (AvgIpc) is 2.82. The molecular weight excluding hydrogens is 262 g/mol. The minimum Gasteiger partial charge on any atom is -0.492 e. The van der Waals surface area contributed by atoms with Gasteiger partial charge < -0.3 is 9.84 Å². The Morgan fingerprint density at radius 2 is 2.20 bits per heavy atom. The molecule has 0 aromatic carbocycles. The number of nitrogens with one attached hydrogen (secondary N) is 1. The summed E-state index contributed by atoms with van der Waals surface area (Å²) < 4.78 is 6.45. The second kappa shape index (κ2) is 5.16. The third-order valence-electron chi connectivity index (χ3n) is 2.10. The van der Waals surface area contributed by atoms with Crippen LogP contribution in [0.2, 0.25) is 0 Å². The van der Waals surface area contributed by atoms with Crippen LogP contribution in [-0.2, 0) is 4.74 Å². The third kappa shape index (κ3) is 3.44. The van der Waals surface area contributed by atoms with E-state index in [1.165, 1.54) is 10.9 Å². The number of rotatable bonds is 2. The molecule has 20 heavy (non-hydrogen) atoms. The fourth-order valence-electron chi connectivity index (χ4n) is 1.36. The number of carbonyl (C=O) groups is 1. The molecule has 2 heterocycles. The molecule has 0 fully saturated rings. The predicted molar refractivity (Wildman–Crippen MR) is 70.7 cm³/mol. The van der Waals surface area contributed by atoms with Crippen LogP contribution in [0.25, 0.3) is 5.95 Å². The summed E-state index contributed by atoms with van der Waals surface area (Å²) in [6.07, 6.45) is 3.79. The Bertz CT molecular complexity index is 604. The monoisotopic (exact) mass is 277 g/mol. The van der Waals surface area contributed by atoms with Gasteiger partial charge in [0.05, 0.1) is 6.20 Å². The van der Waals surface area contributed by atoms with E-state index in [2.05, 4.69) is 20.4 Å². The summed E-state index contributed by atoms with van der Waals surface area (Å²) in [4.78, 5) is 19.4. The van der Waals surface area contributed by atoms with Crippen LogP contribution < -0.4 is 5.32 Å². The van der Waals surface area contributed by atoms with Crippen molar-refractivity contribution in [2.45, 2.75) is 26.4 Å². The Hall–Kier alpha value is -2.64. The van der Waals surface area contributed by atoms with Crippen molar-refractivity contribution in [3.63, 3.8) is 0 Å². The van der Waals surface area contributed by atoms with Crippen molar-refractivity contribution in [2.75, 3.05) is 5.32 Å². The fourth-order valence-corrected chi connectivity index (χ4v) is 1.36. The molecule has 106 valence electrons. The molecule has 1 amide bonds. The minimum absolute atomic E-state index is 0.0650. The molecule has 0 saturated heterocycles. The van der Waals surface area contributed by atoms with Gasteiger partial charge in [-0.05, 0) is 26.8 Å². The zero-order valence-corrected chi connectivity index (χ0v) is 11.4. The Morgan fingerprint density at radius 1 is 1.45 bits per heavy atom. The van der Waals surface area contributed by atoms with E-state index >= 15 is 0 Å². The molecule has 0 aliphatic rings. The van der Waals surface area contributed by atoms with Crippen molar-refractivity contribution in [1.82, 2.24) is 19.7 Å². The quantitative estimate of drug-likeness (QED) is 0.866. The summed E-state index contributed by atoms with van der Waals surface area (Å²) in [7, 11) is 0. The number of anilines is 1. The molecule has 0 bridgehead atoms. The van der Waals surface area contributed by atoms with E-state index in [0.717, 1.165) is 0 Å². The van der Waals surface area contributed by atoms with E-state index < -0.39 is 11.7 Å². The first-order valence-electron chi connectivity index (χ1n) is 5.91. The molecule has 0 radical (unpaired) electrons. The van der Waals surface area contributed by atoms with Crippen LogP contribution in [0.5, 0.6) is 5.88 Å². The SMILES string of the molecule is CC(C)(C)OC(=O)Nc1cnc(-n2cccn2)nc1O. The third-order valence-corrected chi connectivity index (χ3v) is 2.10. The number of aromatic nitrogens is 4. The van der Waals surface area contributed by atoms with Gasteiger partial charge in [-0.15, -0.1) is 0 Å². The van der Waals surface area contributed by atoms with Crippen LogP contribution in [0.3, 0.4) is 0 Å². The normalized spacial score (nSPS) is 11.2. The lowest BCUT2D eigenvalue weighted by molar-refractivity contribution is 0.0635. The summed E-state index contributed by atoms with van der Waals surface area (Å²) in [5.74, 6) is -0.168. The van der Waals surface area contributed by atoms with E-state index in [1.807, 2.05) is 0 Å². The summed E-state index contributed by atoms with van der Waals surface area (Å²) in [6.45, 7) is 5.22. The number of amides is 1. The summed E-state index contributed by atoms with van der Waals surface area (Å²) in [6, 6.07) is 1.70. The molecule has 0 aliphatic heterocycles. The molecule has 8 heteroatoms. The van der Waals surface area contributed by atoms with Gasteiger partial charge in [0.25, 0.3) is 5.95 Å². The lowest BCUT2D eigenvalue weighted by Gasteiger charge is -2.19. The number of hydrogen-bond acceptors (Lipinski definition) is 6. The van der Waals surface area contributed by atoms with E-state index in [0.29, 0.717) is 0 Å². The van der Waals surface area contributed by atoms with Crippen molar-refractivity contribution < 1.29 is 14.6 Å². The number of nitrogens with zero attached hydrogens (tertiary/aromatic N) is 4. The predicted octanol–water partition coefficient (Wildman–Crippen LogP) is 1.71. The van der Waals surface area contributed by atoms with Gasteiger partial charge in [0, 0.05) is 12.4 Å². The van der Waals surface area contributed by atoms with Gasteiger partial charge in [-0.1, -0.05) is 0 Å². The lowest BCUT2D eigenvalue weighted by atomic mass is 10.2. The second-order valence-electron chi connectivity index (χ2n) is 4.98. The molecule has 0 saturated carbocycles. The van der Waals surface area contributed by atoms with Crippen LogP contribution in [0, 0.1) is 0 Å². The van der Waals surface area contributed by atoms with Crippen LogP contribution in [-0.4, -0.2) is 36.5 Å². The number of ether oxygens (including phenoxy) is 1. The molecule has 0 atom stereocenters. The van der Waals surface area contributed by atoms with E-state index in [9.17, 15) is 9.90 Å². The van der Waals surface area contributed by atoms with E-state index in [-0.39, 0.29) is 17.5 Å². The number of aromatic hydroxyl groups is 1. The van der Waals surface area contributed by atoms with Crippen molar-refractivity contribution in [3.05, 3.63) is 24.7 Å². The van der Waals surface area contributed by atoms with Crippen molar-refractivity contribution in [1.29, 1.82) is 0 Å². The molecule has 2 aromatic heterocycles. The van der Waals surface area contributed by atoms with Crippen molar-refractivity contribution in [3.8, 4) is 11.8 Å². The van der Waals surface area contributed by atoms with Gasteiger partial charge in [-0.3, -0.25) is 5.32 Å².